The van der Waals surface area contributed by atoms with Crippen molar-refractivity contribution in [3.05, 3.63) is 6.42 Å². The zero-order chi connectivity index (χ0) is 15.3. The van der Waals surface area contributed by atoms with E-state index in [2.05, 4.69) is 0 Å². The van der Waals surface area contributed by atoms with Gasteiger partial charge < -0.3 is 19.8 Å². The minimum Gasteiger partial charge on any atom is -0.394 e. The molecule has 2 N–H and O–H groups in total. The van der Waals surface area contributed by atoms with Gasteiger partial charge in [0.05, 0.1) is 0 Å². The van der Waals surface area contributed by atoms with Crippen LogP contribution in [-0.2, 0) is 36.1 Å². The van der Waals surface area contributed by atoms with E-state index in [4.69, 9.17) is 10.2 Å². The second kappa shape index (κ2) is 17.5. The van der Waals surface area contributed by atoms with Gasteiger partial charge in [-0.3, -0.25) is 11.2 Å². The van der Waals surface area contributed by atoms with E-state index in [1.807, 2.05) is 0 Å². The maximum Gasteiger partial charge on any atom is 0.134 e. The van der Waals surface area contributed by atoms with Crippen LogP contribution in [0.2, 0.25) is 0 Å². The first kappa shape index (κ1) is 27.0. The van der Waals surface area contributed by atoms with E-state index >= 15 is 0 Å². The average molecular weight is 309 g/mol. The van der Waals surface area contributed by atoms with Crippen LogP contribution in [0.15, 0.2) is 0 Å². The third-order valence-corrected chi connectivity index (χ3v) is 0.787. The summed E-state index contributed by atoms with van der Waals surface area (Å²) in [5.74, 6) is -0.950. The SMILES string of the molecule is CC(=O)[CH-]C(=O)CC(C)=O.CC(C)O.CC(C)O.[Ti]. The van der Waals surface area contributed by atoms with E-state index < -0.39 is 5.78 Å². The van der Waals surface area contributed by atoms with Crippen molar-refractivity contribution in [1.82, 2.24) is 0 Å². The molecule has 0 spiro atoms. The van der Waals surface area contributed by atoms with Gasteiger partial charge in [-0.25, -0.2) is 0 Å². The number of ketones is 3. The summed E-state index contributed by atoms with van der Waals surface area (Å²) in [7, 11) is 0. The molecule has 0 bridgehead atoms. The van der Waals surface area contributed by atoms with E-state index in [1.165, 1.54) is 13.8 Å². The van der Waals surface area contributed by atoms with Crippen LogP contribution in [0.3, 0.4) is 0 Å². The molecule has 0 heterocycles. The molecule has 19 heavy (non-hydrogen) atoms. The van der Waals surface area contributed by atoms with Crippen molar-refractivity contribution in [2.45, 2.75) is 60.2 Å². The summed E-state index contributed by atoms with van der Waals surface area (Å²) in [6.07, 6.45) is 0.432. The van der Waals surface area contributed by atoms with Crippen molar-refractivity contribution in [2.75, 3.05) is 0 Å². The van der Waals surface area contributed by atoms with E-state index in [9.17, 15) is 14.4 Å². The summed E-state index contributed by atoms with van der Waals surface area (Å²) < 4.78 is 0. The molecular weight excluding hydrogens is 284 g/mol. The predicted octanol–water partition coefficient (Wildman–Crippen LogP) is 1.10. The normalized spacial score (nSPS) is 8.32. The molecule has 0 saturated carbocycles. The van der Waals surface area contributed by atoms with Crippen LogP contribution < -0.4 is 0 Å². The minimum absolute atomic E-state index is 0. The zero-order valence-electron chi connectivity index (χ0n) is 12.6. The number of Topliss-reactive ketones (excluding diaryl/α,β-unsaturated/α-hetero) is 3. The number of carbonyl (C=O) groups is 3. The van der Waals surface area contributed by atoms with Gasteiger partial charge in [-0.15, -0.1) is 0 Å². The van der Waals surface area contributed by atoms with Crippen LogP contribution in [0.1, 0.15) is 48.0 Å². The van der Waals surface area contributed by atoms with Gasteiger partial charge in [0.25, 0.3) is 0 Å². The van der Waals surface area contributed by atoms with Crippen LogP contribution >= 0.6 is 0 Å². The van der Waals surface area contributed by atoms with Crippen molar-refractivity contribution < 1.29 is 46.3 Å². The molecule has 0 rings (SSSR count). The van der Waals surface area contributed by atoms with Gasteiger partial charge in [-0.1, -0.05) is 0 Å². The molecule has 0 aromatic heterocycles. The Hall–Kier alpha value is -0.486. The Balaban J connectivity index is -0.000000105. The summed E-state index contributed by atoms with van der Waals surface area (Å²) in [5.41, 5.74) is 0. The van der Waals surface area contributed by atoms with Crippen molar-refractivity contribution in [1.29, 1.82) is 0 Å². The van der Waals surface area contributed by atoms with E-state index in [1.54, 1.807) is 27.7 Å². The van der Waals surface area contributed by atoms with Crippen molar-refractivity contribution in [3.8, 4) is 0 Å². The molecule has 6 heteroatoms. The van der Waals surface area contributed by atoms with Crippen molar-refractivity contribution >= 4 is 17.3 Å². The van der Waals surface area contributed by atoms with Crippen LogP contribution in [-0.4, -0.2) is 39.8 Å². The summed E-state index contributed by atoms with van der Waals surface area (Å²) in [6, 6.07) is 0. The molecule has 0 amide bonds. The van der Waals surface area contributed by atoms with Crippen LogP contribution in [0.4, 0.5) is 0 Å². The maximum absolute atomic E-state index is 10.6. The molecule has 0 aliphatic heterocycles. The Morgan fingerprint density at radius 1 is 0.947 bits per heavy atom. The second-order valence-electron chi connectivity index (χ2n) is 4.29. The van der Waals surface area contributed by atoms with E-state index in [0.29, 0.717) is 0 Å². The van der Waals surface area contributed by atoms with Gasteiger partial charge >= 0.3 is 0 Å². The topological polar surface area (TPSA) is 91.7 Å². The Morgan fingerprint density at radius 2 is 1.21 bits per heavy atom. The first-order valence-corrected chi connectivity index (χ1v) is 5.72. The summed E-state index contributed by atoms with van der Waals surface area (Å²) in [6.45, 7) is 9.48. The molecule has 0 aromatic carbocycles. The number of aliphatic hydroxyl groups excluding tert-OH is 2. The fourth-order valence-electron chi connectivity index (χ4n) is 0.523. The second-order valence-corrected chi connectivity index (χ2v) is 4.29. The minimum atomic E-state index is -0.417. The van der Waals surface area contributed by atoms with Crippen molar-refractivity contribution in [2.24, 2.45) is 0 Å². The van der Waals surface area contributed by atoms with Gasteiger partial charge in [0.1, 0.15) is 5.78 Å². The fraction of sp³-hybridized carbons (Fsp3) is 0.692. The molecule has 0 unspecified atom stereocenters. The summed E-state index contributed by atoms with van der Waals surface area (Å²) in [5, 5.41) is 16.1. The molecule has 5 nitrogen and oxygen atoms in total. The van der Waals surface area contributed by atoms with Crippen LogP contribution in [0.25, 0.3) is 0 Å². The molecule has 0 aliphatic rings. The Labute approximate surface area is 130 Å². The van der Waals surface area contributed by atoms with Gasteiger partial charge in [0.2, 0.25) is 0 Å². The number of rotatable bonds is 4. The molecule has 112 valence electrons. The number of carbonyl (C=O) groups excluding carboxylic acids is 3. The standard InChI is InChI=1S/C7H9O3.2C3H8O.Ti/c1-5(8)3-7(10)4-6(2)9;2*1-3(2)4;/h3H,4H2,1-2H3;2*3-4H,1-2H3;/q-1;;;. The molecule has 0 aliphatic carbocycles. The fourth-order valence-corrected chi connectivity index (χ4v) is 0.523. The van der Waals surface area contributed by atoms with Gasteiger partial charge in [0.15, 0.2) is 0 Å². The smallest absolute Gasteiger partial charge is 0.134 e. The largest absolute Gasteiger partial charge is 0.394 e. The molecule has 0 fully saturated rings. The van der Waals surface area contributed by atoms with Crippen LogP contribution in [0, 0.1) is 6.42 Å². The molecule has 0 saturated heterocycles. The number of aliphatic hydroxyl groups is 2. The van der Waals surface area contributed by atoms with Crippen molar-refractivity contribution in [3.63, 3.8) is 0 Å². The zero-order valence-corrected chi connectivity index (χ0v) is 14.1. The van der Waals surface area contributed by atoms with Gasteiger partial charge in [-0.2, -0.15) is 0 Å². The quantitative estimate of drug-likeness (QED) is 0.461. The molecule has 0 radical (unpaired) electrons. The molecule has 0 atom stereocenters. The number of hydrogen-bond acceptors (Lipinski definition) is 5. The summed E-state index contributed by atoms with van der Waals surface area (Å²) >= 11 is 0. The third-order valence-electron chi connectivity index (χ3n) is 0.787. The first-order chi connectivity index (χ1) is 7.98. The van der Waals surface area contributed by atoms with Crippen LogP contribution in [0.5, 0.6) is 0 Å². The van der Waals surface area contributed by atoms with Gasteiger partial charge in [0, 0.05) is 51.9 Å². The Morgan fingerprint density at radius 3 is 1.37 bits per heavy atom. The van der Waals surface area contributed by atoms with Gasteiger partial charge in [-0.05, 0) is 41.5 Å². The maximum atomic E-state index is 10.6. The van der Waals surface area contributed by atoms with E-state index in [-0.39, 0.29) is 51.9 Å². The first-order valence-electron chi connectivity index (χ1n) is 5.72. The third kappa shape index (κ3) is 74.7. The Kier molecular flexibility index (Phi) is 24.9. The predicted molar refractivity (Wildman–Crippen MR) is 70.0 cm³/mol. The molecule has 0 aromatic rings. The summed E-state index contributed by atoms with van der Waals surface area (Å²) in [4.78, 5) is 31.1. The van der Waals surface area contributed by atoms with E-state index in [0.717, 1.165) is 6.42 Å². The Bertz CT molecular complexity index is 220. The number of hydrogen-bond donors (Lipinski definition) is 2. The molecular formula is C13H25O5Ti-. The monoisotopic (exact) mass is 309 g/mol. The average Bonchev–Trinajstić information content (AvgIpc) is 1.96.